The predicted octanol–water partition coefficient (Wildman–Crippen LogP) is 4.13. The minimum atomic E-state index is 0.559. The molecule has 0 spiro atoms. The van der Waals surface area contributed by atoms with Gasteiger partial charge in [-0.1, -0.05) is 43.7 Å². The molecule has 19 heavy (non-hydrogen) atoms. The molecule has 2 atom stereocenters. The first-order valence-corrected chi connectivity index (χ1v) is 7.69. The molecule has 0 aliphatic heterocycles. The van der Waals surface area contributed by atoms with Gasteiger partial charge in [0.05, 0.1) is 0 Å². The Morgan fingerprint density at radius 2 is 1.95 bits per heavy atom. The van der Waals surface area contributed by atoms with E-state index in [1.165, 1.54) is 24.8 Å². The second kappa shape index (κ2) is 5.13. The van der Waals surface area contributed by atoms with Crippen molar-refractivity contribution in [2.75, 3.05) is 6.54 Å². The van der Waals surface area contributed by atoms with Crippen molar-refractivity contribution < 1.29 is 0 Å². The van der Waals surface area contributed by atoms with Gasteiger partial charge in [-0.2, -0.15) is 0 Å². The molecule has 1 heteroatoms. The van der Waals surface area contributed by atoms with Crippen molar-refractivity contribution in [3.05, 3.63) is 46.5 Å². The molecule has 1 saturated carbocycles. The van der Waals surface area contributed by atoms with Gasteiger partial charge in [0, 0.05) is 0 Å². The summed E-state index contributed by atoms with van der Waals surface area (Å²) in [4.78, 5) is 0. The lowest BCUT2D eigenvalue weighted by Gasteiger charge is -2.31. The summed E-state index contributed by atoms with van der Waals surface area (Å²) in [7, 11) is 0. The van der Waals surface area contributed by atoms with Crippen LogP contribution >= 0.6 is 0 Å². The molecule has 3 aliphatic carbocycles. The molecule has 1 fully saturated rings. The van der Waals surface area contributed by atoms with Gasteiger partial charge in [0.1, 0.15) is 0 Å². The van der Waals surface area contributed by atoms with Crippen molar-refractivity contribution in [1.29, 1.82) is 0 Å². The number of hydrogen-bond donors (Lipinski definition) is 1. The van der Waals surface area contributed by atoms with E-state index in [2.05, 4.69) is 38.1 Å². The van der Waals surface area contributed by atoms with Crippen molar-refractivity contribution in [3.8, 4) is 0 Å². The zero-order chi connectivity index (χ0) is 13.4. The molecule has 1 nitrogen and oxygen atoms in total. The molecule has 0 aromatic heterocycles. The van der Waals surface area contributed by atoms with Crippen molar-refractivity contribution in [3.63, 3.8) is 0 Å². The average molecular weight is 255 g/mol. The van der Waals surface area contributed by atoms with Gasteiger partial charge < -0.3 is 5.73 Å². The lowest BCUT2D eigenvalue weighted by Crippen LogP contribution is -2.16. The number of benzene rings is 1. The first-order valence-electron chi connectivity index (χ1n) is 7.69. The van der Waals surface area contributed by atoms with Crippen LogP contribution in [0.1, 0.15) is 61.6 Å². The van der Waals surface area contributed by atoms with Crippen LogP contribution in [-0.2, 0) is 6.42 Å². The molecule has 0 saturated heterocycles. The molecule has 0 heterocycles. The van der Waals surface area contributed by atoms with Gasteiger partial charge in [-0.25, -0.2) is 0 Å². The maximum atomic E-state index is 5.70. The van der Waals surface area contributed by atoms with E-state index in [1.54, 1.807) is 16.7 Å². The van der Waals surface area contributed by atoms with Crippen LogP contribution < -0.4 is 5.73 Å². The van der Waals surface area contributed by atoms with E-state index in [4.69, 9.17) is 5.73 Å². The van der Waals surface area contributed by atoms with Crippen LogP contribution in [0.5, 0.6) is 0 Å². The van der Waals surface area contributed by atoms with E-state index in [-0.39, 0.29) is 0 Å². The van der Waals surface area contributed by atoms with Crippen LogP contribution in [0, 0.1) is 5.92 Å². The van der Waals surface area contributed by atoms with Gasteiger partial charge in [0.15, 0.2) is 0 Å². The topological polar surface area (TPSA) is 26.0 Å². The van der Waals surface area contributed by atoms with Crippen LogP contribution in [0.4, 0.5) is 0 Å². The fraction of sp³-hybridized carbons (Fsp3) is 0.556. The quantitative estimate of drug-likeness (QED) is 0.790. The van der Waals surface area contributed by atoms with E-state index in [1.807, 2.05) is 0 Å². The number of nitrogens with two attached hydrogens (primary N) is 1. The Balaban J connectivity index is 2.01. The lowest BCUT2D eigenvalue weighted by molar-refractivity contribution is 0.365. The van der Waals surface area contributed by atoms with E-state index in [0.717, 1.165) is 18.9 Å². The Bertz CT molecular complexity index is 492. The third kappa shape index (κ3) is 2.49. The first kappa shape index (κ1) is 12.9. The molecular weight excluding hydrogens is 230 g/mol. The van der Waals surface area contributed by atoms with E-state index in [0.29, 0.717) is 11.8 Å². The van der Waals surface area contributed by atoms with Gasteiger partial charge in [0.2, 0.25) is 0 Å². The second-order valence-corrected chi connectivity index (χ2v) is 6.53. The first-order chi connectivity index (χ1) is 9.17. The van der Waals surface area contributed by atoms with Crippen molar-refractivity contribution in [1.82, 2.24) is 0 Å². The number of allylic oxidation sites excluding steroid dienone is 2. The summed E-state index contributed by atoms with van der Waals surface area (Å²) in [5.41, 5.74) is 11.9. The summed E-state index contributed by atoms with van der Waals surface area (Å²) in [5.74, 6) is 2.19. The van der Waals surface area contributed by atoms with E-state index >= 15 is 0 Å². The Morgan fingerprint density at radius 1 is 1.16 bits per heavy atom. The molecule has 2 bridgehead atoms. The van der Waals surface area contributed by atoms with Crippen LogP contribution in [0.15, 0.2) is 29.8 Å². The third-order valence-corrected chi connectivity index (χ3v) is 4.88. The lowest BCUT2D eigenvalue weighted by atomic mass is 9.75. The predicted molar refractivity (Wildman–Crippen MR) is 81.5 cm³/mol. The normalized spacial score (nSPS) is 29.4. The maximum Gasteiger partial charge on any atom is -0.000482 e. The van der Waals surface area contributed by atoms with Gasteiger partial charge in [0.25, 0.3) is 0 Å². The number of fused-ring (bicyclic) bond motifs is 2. The highest BCUT2D eigenvalue weighted by Gasteiger charge is 2.29. The molecule has 0 amide bonds. The van der Waals surface area contributed by atoms with E-state index < -0.39 is 0 Å². The molecule has 1 aromatic rings. The molecule has 1 aromatic carbocycles. The molecular formula is C18H25N. The van der Waals surface area contributed by atoms with Crippen molar-refractivity contribution in [2.24, 2.45) is 11.7 Å². The Hall–Kier alpha value is -1.08. The van der Waals surface area contributed by atoms with Crippen LogP contribution in [0.3, 0.4) is 0 Å². The zero-order valence-electron chi connectivity index (χ0n) is 12.2. The highest BCUT2D eigenvalue weighted by molar-refractivity contribution is 5.40. The molecule has 4 rings (SSSR count). The molecule has 0 radical (unpaired) electrons. The van der Waals surface area contributed by atoms with Crippen molar-refractivity contribution >= 4 is 0 Å². The smallest absolute Gasteiger partial charge is 0.000482 e. The summed E-state index contributed by atoms with van der Waals surface area (Å²) in [5, 5.41) is 0. The minimum Gasteiger partial charge on any atom is -0.330 e. The molecule has 2 unspecified atom stereocenters. The second-order valence-electron chi connectivity index (χ2n) is 6.53. The summed E-state index contributed by atoms with van der Waals surface area (Å²) in [6.07, 6.45) is 7.55. The van der Waals surface area contributed by atoms with Gasteiger partial charge in [-0.3, -0.25) is 0 Å². The summed E-state index contributed by atoms with van der Waals surface area (Å²) >= 11 is 0. The average Bonchev–Trinajstić information content (AvgIpc) is 2.42. The number of rotatable bonds is 2. The molecule has 102 valence electrons. The third-order valence-electron chi connectivity index (χ3n) is 4.88. The van der Waals surface area contributed by atoms with Gasteiger partial charge >= 0.3 is 0 Å². The zero-order valence-corrected chi connectivity index (χ0v) is 12.2. The van der Waals surface area contributed by atoms with Crippen LogP contribution in [0.25, 0.3) is 0 Å². The largest absolute Gasteiger partial charge is 0.330 e. The standard InChI is InChI=1S/C18H25N/c1-12-7-15-9-16(10-15)8-13(2)18-11-14(5-6-19)3-4-17(12)18/h3-4,8,11-13,15H,5-7,9-10,19H2,1-2H3. The van der Waals surface area contributed by atoms with Gasteiger partial charge in [-0.05, 0) is 66.7 Å². The van der Waals surface area contributed by atoms with Gasteiger partial charge in [-0.15, -0.1) is 0 Å². The fourth-order valence-corrected chi connectivity index (χ4v) is 3.84. The Morgan fingerprint density at radius 3 is 2.68 bits per heavy atom. The number of hydrogen-bond acceptors (Lipinski definition) is 1. The fourth-order valence-electron chi connectivity index (χ4n) is 3.84. The summed E-state index contributed by atoms with van der Waals surface area (Å²) in [6, 6.07) is 7.05. The molecule has 3 aliphatic rings. The highest BCUT2D eigenvalue weighted by Crippen LogP contribution is 2.44. The summed E-state index contributed by atoms with van der Waals surface area (Å²) in [6.45, 7) is 5.49. The highest BCUT2D eigenvalue weighted by atomic mass is 14.5. The Labute approximate surface area is 116 Å². The molecule has 2 N–H and O–H groups in total. The maximum absolute atomic E-state index is 5.70. The monoisotopic (exact) mass is 255 g/mol. The minimum absolute atomic E-state index is 0.559. The van der Waals surface area contributed by atoms with Crippen molar-refractivity contribution in [2.45, 2.75) is 51.4 Å². The SMILES string of the molecule is CC1C=C2CC(C2)CC(C)c2ccc(CCN)cc21. The Kier molecular flexibility index (Phi) is 3.49. The summed E-state index contributed by atoms with van der Waals surface area (Å²) < 4.78 is 0. The van der Waals surface area contributed by atoms with Crippen LogP contribution in [-0.4, -0.2) is 6.54 Å². The van der Waals surface area contributed by atoms with E-state index in [9.17, 15) is 0 Å². The van der Waals surface area contributed by atoms with Crippen LogP contribution in [0.2, 0.25) is 0 Å².